The number of nitrogens with zero attached hydrogens (tertiary/aromatic N) is 2. The number of hydrogen-bond acceptors (Lipinski definition) is 4. The Hall–Kier alpha value is -0.660. The van der Waals surface area contributed by atoms with Crippen LogP contribution >= 0.6 is 0 Å². The minimum Gasteiger partial charge on any atom is -0.469 e. The molecule has 6 nitrogen and oxygen atoms in total. The molecule has 20 heavy (non-hydrogen) atoms. The molecule has 0 rings (SSSR count). The van der Waals surface area contributed by atoms with Crippen LogP contribution in [0.2, 0.25) is 0 Å². The molecule has 0 N–H and O–H groups in total. The molecule has 0 heterocycles. The van der Waals surface area contributed by atoms with Gasteiger partial charge in [-0.05, 0) is 11.8 Å². The summed E-state index contributed by atoms with van der Waals surface area (Å²) >= 11 is 0. The van der Waals surface area contributed by atoms with E-state index in [-0.39, 0.29) is 24.8 Å². The second kappa shape index (κ2) is 8.59. The van der Waals surface area contributed by atoms with Crippen LogP contribution in [-0.4, -0.2) is 56.8 Å². The monoisotopic (exact) mass is 308 g/mol. The van der Waals surface area contributed by atoms with Gasteiger partial charge in [-0.25, -0.2) is 0 Å². The number of carbonyl (C=O) groups excluding carboxylic acids is 1. The van der Waals surface area contributed by atoms with E-state index in [1.165, 1.54) is 22.8 Å². The van der Waals surface area contributed by atoms with Crippen LogP contribution < -0.4 is 0 Å². The fourth-order valence-electron chi connectivity index (χ4n) is 1.74. The SMILES string of the molecule is COC(=O)CCN(C)S(=O)(=O)N(CC(C)C)CC(C)C. The number of hydrogen-bond donors (Lipinski definition) is 0. The van der Waals surface area contributed by atoms with Crippen molar-refractivity contribution < 1.29 is 17.9 Å². The minimum absolute atomic E-state index is 0.0590. The normalized spacial score (nSPS) is 12.7. The second-order valence-corrected chi connectivity index (χ2v) is 7.80. The molecule has 0 aromatic carbocycles. The van der Waals surface area contributed by atoms with Gasteiger partial charge in [-0.1, -0.05) is 27.7 Å². The summed E-state index contributed by atoms with van der Waals surface area (Å²) in [5, 5.41) is 0. The van der Waals surface area contributed by atoms with Crippen molar-refractivity contribution in [2.45, 2.75) is 34.1 Å². The Morgan fingerprint density at radius 2 is 1.55 bits per heavy atom. The summed E-state index contributed by atoms with van der Waals surface area (Å²) in [6, 6.07) is 0. The molecule has 0 bridgehead atoms. The molecule has 0 aliphatic heterocycles. The van der Waals surface area contributed by atoms with Crippen LogP contribution in [-0.2, 0) is 19.7 Å². The molecule has 0 spiro atoms. The van der Waals surface area contributed by atoms with Crippen LogP contribution in [0.1, 0.15) is 34.1 Å². The predicted octanol–water partition coefficient (Wildman–Crippen LogP) is 1.34. The lowest BCUT2D eigenvalue weighted by molar-refractivity contribution is -0.140. The van der Waals surface area contributed by atoms with Crippen molar-refractivity contribution in [3.05, 3.63) is 0 Å². The maximum Gasteiger partial charge on any atom is 0.306 e. The standard InChI is InChI=1S/C13H28N2O4S/c1-11(2)9-15(10-12(3)4)20(17,18)14(5)8-7-13(16)19-6/h11-12H,7-10H2,1-6H3. The zero-order valence-electron chi connectivity index (χ0n) is 13.4. The van der Waals surface area contributed by atoms with Crippen molar-refractivity contribution in [3.8, 4) is 0 Å². The summed E-state index contributed by atoms with van der Waals surface area (Å²) < 4.78 is 32.2. The van der Waals surface area contributed by atoms with Gasteiger partial charge in [-0.2, -0.15) is 17.0 Å². The van der Waals surface area contributed by atoms with Crippen LogP contribution in [0.3, 0.4) is 0 Å². The quantitative estimate of drug-likeness (QED) is 0.603. The maximum atomic E-state index is 12.5. The van der Waals surface area contributed by atoms with Crippen molar-refractivity contribution in [2.75, 3.05) is 33.8 Å². The topological polar surface area (TPSA) is 66.9 Å². The van der Waals surface area contributed by atoms with E-state index in [9.17, 15) is 13.2 Å². The Morgan fingerprint density at radius 1 is 1.10 bits per heavy atom. The molecule has 0 aliphatic rings. The Labute approximate surface area is 123 Å². The average molecular weight is 308 g/mol. The molecule has 0 saturated carbocycles. The first-order valence-electron chi connectivity index (χ1n) is 6.89. The highest BCUT2D eigenvalue weighted by molar-refractivity contribution is 7.86. The van der Waals surface area contributed by atoms with Gasteiger partial charge < -0.3 is 4.74 Å². The summed E-state index contributed by atoms with van der Waals surface area (Å²) in [6.07, 6.45) is 0.0590. The van der Waals surface area contributed by atoms with Gasteiger partial charge in [0.25, 0.3) is 10.2 Å². The molecule has 0 unspecified atom stereocenters. The van der Waals surface area contributed by atoms with E-state index in [2.05, 4.69) is 4.74 Å². The van der Waals surface area contributed by atoms with Gasteiger partial charge in [-0.3, -0.25) is 4.79 Å². The molecule has 0 fully saturated rings. The van der Waals surface area contributed by atoms with Crippen molar-refractivity contribution in [2.24, 2.45) is 11.8 Å². The van der Waals surface area contributed by atoms with Gasteiger partial charge in [-0.15, -0.1) is 0 Å². The van der Waals surface area contributed by atoms with Crippen molar-refractivity contribution in [1.82, 2.24) is 8.61 Å². The third-order valence-electron chi connectivity index (χ3n) is 2.72. The predicted molar refractivity (Wildman–Crippen MR) is 79.4 cm³/mol. The lowest BCUT2D eigenvalue weighted by Crippen LogP contribution is -2.45. The van der Waals surface area contributed by atoms with Gasteiger partial charge in [0.05, 0.1) is 13.5 Å². The number of rotatable bonds is 9. The molecule has 0 radical (unpaired) electrons. The first-order chi connectivity index (χ1) is 9.11. The molecule has 0 aromatic rings. The summed E-state index contributed by atoms with van der Waals surface area (Å²) in [5.74, 6) is 0.0846. The van der Waals surface area contributed by atoms with Crippen LogP contribution in [0.15, 0.2) is 0 Å². The van der Waals surface area contributed by atoms with Crippen LogP contribution in [0, 0.1) is 11.8 Å². The molecule has 0 saturated heterocycles. The summed E-state index contributed by atoms with van der Waals surface area (Å²) in [4.78, 5) is 11.1. The number of carbonyl (C=O) groups is 1. The van der Waals surface area contributed by atoms with Gasteiger partial charge >= 0.3 is 5.97 Å². The van der Waals surface area contributed by atoms with E-state index in [1.54, 1.807) is 0 Å². The lowest BCUT2D eigenvalue weighted by atomic mass is 10.2. The Balaban J connectivity index is 4.86. The Kier molecular flexibility index (Phi) is 8.30. The number of methoxy groups -OCH3 is 1. The summed E-state index contributed by atoms with van der Waals surface area (Å²) in [6.45, 7) is 9.01. The van der Waals surface area contributed by atoms with E-state index in [0.29, 0.717) is 13.1 Å². The zero-order valence-corrected chi connectivity index (χ0v) is 14.2. The molecule has 0 atom stereocenters. The molecule has 120 valence electrons. The summed E-state index contributed by atoms with van der Waals surface area (Å²) in [5.41, 5.74) is 0. The first-order valence-corrected chi connectivity index (χ1v) is 8.29. The van der Waals surface area contributed by atoms with Gasteiger partial charge in [0, 0.05) is 26.7 Å². The van der Waals surface area contributed by atoms with Crippen molar-refractivity contribution >= 4 is 16.2 Å². The van der Waals surface area contributed by atoms with Crippen LogP contribution in [0.5, 0.6) is 0 Å². The maximum absolute atomic E-state index is 12.5. The molecule has 0 aromatic heterocycles. The van der Waals surface area contributed by atoms with Crippen molar-refractivity contribution in [3.63, 3.8) is 0 Å². The van der Waals surface area contributed by atoms with E-state index in [1.807, 2.05) is 27.7 Å². The highest BCUT2D eigenvalue weighted by Crippen LogP contribution is 2.13. The smallest absolute Gasteiger partial charge is 0.306 e. The molecule has 0 amide bonds. The van der Waals surface area contributed by atoms with E-state index in [4.69, 9.17) is 0 Å². The summed E-state index contributed by atoms with van der Waals surface area (Å²) in [7, 11) is -0.752. The number of esters is 1. The molecule has 7 heteroatoms. The molecular weight excluding hydrogens is 280 g/mol. The third kappa shape index (κ3) is 6.67. The van der Waals surface area contributed by atoms with Gasteiger partial charge in [0.1, 0.15) is 0 Å². The third-order valence-corrected chi connectivity index (χ3v) is 4.64. The van der Waals surface area contributed by atoms with Crippen molar-refractivity contribution in [1.29, 1.82) is 0 Å². The van der Waals surface area contributed by atoms with E-state index < -0.39 is 16.2 Å². The van der Waals surface area contributed by atoms with Crippen LogP contribution in [0.25, 0.3) is 0 Å². The zero-order chi connectivity index (χ0) is 15.9. The molecule has 0 aliphatic carbocycles. The highest BCUT2D eigenvalue weighted by Gasteiger charge is 2.28. The second-order valence-electron chi connectivity index (χ2n) is 5.76. The Bertz CT molecular complexity index is 383. The largest absolute Gasteiger partial charge is 0.469 e. The molecular formula is C13H28N2O4S. The van der Waals surface area contributed by atoms with E-state index >= 15 is 0 Å². The van der Waals surface area contributed by atoms with Crippen LogP contribution in [0.4, 0.5) is 0 Å². The van der Waals surface area contributed by atoms with E-state index in [0.717, 1.165) is 0 Å². The fourth-order valence-corrected chi connectivity index (χ4v) is 3.43. The Morgan fingerprint density at radius 3 is 1.90 bits per heavy atom. The minimum atomic E-state index is -3.54. The fraction of sp³-hybridized carbons (Fsp3) is 0.923. The lowest BCUT2D eigenvalue weighted by Gasteiger charge is -2.29. The highest BCUT2D eigenvalue weighted by atomic mass is 32.2. The number of ether oxygens (including phenoxy) is 1. The van der Waals surface area contributed by atoms with Gasteiger partial charge in [0.2, 0.25) is 0 Å². The first kappa shape index (κ1) is 19.3. The van der Waals surface area contributed by atoms with Gasteiger partial charge in [0.15, 0.2) is 0 Å². The average Bonchev–Trinajstić information content (AvgIpc) is 2.33.